The van der Waals surface area contributed by atoms with E-state index in [-0.39, 0.29) is 6.03 Å². The predicted molar refractivity (Wildman–Crippen MR) is 44.3 cm³/mol. The summed E-state index contributed by atoms with van der Waals surface area (Å²) in [5.41, 5.74) is 2.49. The van der Waals surface area contributed by atoms with Crippen LogP contribution in [0.2, 0.25) is 0 Å². The number of carbonyl (C=O) groups excluding carboxylic acids is 1. The Hall–Kier alpha value is -0.810. The molecule has 0 aromatic rings. The first kappa shape index (κ1) is 9.28. The SMILES string of the molecule is CNC(=O)N1CCOC(C)(C)N1. The molecule has 1 aliphatic rings. The summed E-state index contributed by atoms with van der Waals surface area (Å²) < 4.78 is 5.36. The average Bonchev–Trinajstić information content (AvgIpc) is 2.01. The first-order valence-corrected chi connectivity index (χ1v) is 3.96. The second kappa shape index (κ2) is 3.28. The van der Waals surface area contributed by atoms with E-state index in [1.54, 1.807) is 7.05 Å². The number of hydrogen-bond acceptors (Lipinski definition) is 3. The van der Waals surface area contributed by atoms with Crippen molar-refractivity contribution < 1.29 is 9.53 Å². The molecule has 0 aromatic heterocycles. The van der Waals surface area contributed by atoms with Gasteiger partial charge in [-0.05, 0) is 13.8 Å². The van der Waals surface area contributed by atoms with Crippen LogP contribution in [0.15, 0.2) is 0 Å². The molecule has 1 saturated heterocycles. The van der Waals surface area contributed by atoms with Crippen molar-refractivity contribution in [3.05, 3.63) is 0 Å². The second-order valence-electron chi connectivity index (χ2n) is 3.18. The van der Waals surface area contributed by atoms with E-state index < -0.39 is 5.72 Å². The van der Waals surface area contributed by atoms with E-state index in [9.17, 15) is 4.79 Å². The van der Waals surface area contributed by atoms with Gasteiger partial charge in [-0.3, -0.25) is 5.01 Å². The third-order valence-corrected chi connectivity index (χ3v) is 1.64. The summed E-state index contributed by atoms with van der Waals surface area (Å²) in [6, 6.07) is -0.133. The standard InChI is InChI=1S/C7H15N3O2/c1-7(2)9-10(4-5-12-7)6(11)8-3/h9H,4-5H2,1-3H3,(H,8,11). The minimum Gasteiger partial charge on any atom is -0.358 e. The summed E-state index contributed by atoms with van der Waals surface area (Å²) in [5.74, 6) is 0. The molecule has 0 atom stereocenters. The number of urea groups is 1. The highest BCUT2D eigenvalue weighted by Crippen LogP contribution is 2.10. The van der Waals surface area contributed by atoms with Crippen LogP contribution in [0.25, 0.3) is 0 Å². The van der Waals surface area contributed by atoms with E-state index in [0.29, 0.717) is 13.2 Å². The number of rotatable bonds is 0. The van der Waals surface area contributed by atoms with E-state index in [1.807, 2.05) is 13.8 Å². The maximum atomic E-state index is 11.2. The van der Waals surface area contributed by atoms with Crippen molar-refractivity contribution in [2.24, 2.45) is 0 Å². The summed E-state index contributed by atoms with van der Waals surface area (Å²) in [7, 11) is 1.60. The lowest BCUT2D eigenvalue weighted by atomic mass is 10.3. The zero-order valence-corrected chi connectivity index (χ0v) is 7.68. The van der Waals surface area contributed by atoms with Crippen molar-refractivity contribution in [2.45, 2.75) is 19.6 Å². The molecule has 0 bridgehead atoms. The highest BCUT2D eigenvalue weighted by molar-refractivity contribution is 5.73. The average molecular weight is 173 g/mol. The van der Waals surface area contributed by atoms with E-state index in [2.05, 4.69) is 10.7 Å². The topological polar surface area (TPSA) is 53.6 Å². The molecule has 5 heteroatoms. The maximum absolute atomic E-state index is 11.2. The van der Waals surface area contributed by atoms with E-state index in [0.717, 1.165) is 0 Å². The van der Waals surface area contributed by atoms with Crippen LogP contribution in [0.4, 0.5) is 4.79 Å². The Kier molecular flexibility index (Phi) is 2.54. The molecule has 0 aromatic carbocycles. The molecule has 12 heavy (non-hydrogen) atoms. The van der Waals surface area contributed by atoms with Crippen molar-refractivity contribution in [3.8, 4) is 0 Å². The lowest BCUT2D eigenvalue weighted by Crippen LogP contribution is -2.61. The molecule has 70 valence electrons. The zero-order chi connectivity index (χ0) is 9.19. The van der Waals surface area contributed by atoms with Gasteiger partial charge in [-0.1, -0.05) is 0 Å². The molecule has 1 aliphatic heterocycles. The Morgan fingerprint density at radius 1 is 1.67 bits per heavy atom. The van der Waals surface area contributed by atoms with Crippen LogP contribution < -0.4 is 10.7 Å². The number of amides is 2. The predicted octanol–water partition coefficient (Wildman–Crippen LogP) is -0.101. The van der Waals surface area contributed by atoms with Gasteiger partial charge in [0, 0.05) is 7.05 Å². The molecular formula is C7H15N3O2. The highest BCUT2D eigenvalue weighted by atomic mass is 16.5. The summed E-state index contributed by atoms with van der Waals surface area (Å²) in [6.07, 6.45) is 0. The first-order valence-electron chi connectivity index (χ1n) is 3.96. The number of hydrazine groups is 1. The van der Waals surface area contributed by atoms with Gasteiger partial charge in [-0.15, -0.1) is 0 Å². The fraction of sp³-hybridized carbons (Fsp3) is 0.857. The Morgan fingerprint density at radius 3 is 2.83 bits per heavy atom. The molecule has 0 spiro atoms. The molecule has 0 radical (unpaired) electrons. The molecule has 5 nitrogen and oxygen atoms in total. The van der Waals surface area contributed by atoms with Crippen molar-refractivity contribution in [1.82, 2.24) is 15.8 Å². The summed E-state index contributed by atoms with van der Waals surface area (Å²) >= 11 is 0. The van der Waals surface area contributed by atoms with Crippen LogP contribution in [-0.4, -0.2) is 37.0 Å². The normalized spacial score (nSPS) is 22.1. The molecule has 0 unspecified atom stereocenters. The van der Waals surface area contributed by atoms with Crippen LogP contribution in [-0.2, 0) is 4.74 Å². The monoisotopic (exact) mass is 173 g/mol. The zero-order valence-electron chi connectivity index (χ0n) is 7.68. The van der Waals surface area contributed by atoms with E-state index >= 15 is 0 Å². The molecule has 1 rings (SSSR count). The summed E-state index contributed by atoms with van der Waals surface area (Å²) in [5, 5.41) is 4.06. The van der Waals surface area contributed by atoms with Gasteiger partial charge in [-0.2, -0.15) is 5.43 Å². The Bertz CT molecular complexity index is 181. The molecule has 2 N–H and O–H groups in total. The smallest absolute Gasteiger partial charge is 0.331 e. The van der Waals surface area contributed by atoms with Gasteiger partial charge >= 0.3 is 6.03 Å². The van der Waals surface area contributed by atoms with Crippen LogP contribution in [0.3, 0.4) is 0 Å². The number of carbonyl (C=O) groups is 1. The van der Waals surface area contributed by atoms with Crippen molar-refractivity contribution in [3.63, 3.8) is 0 Å². The van der Waals surface area contributed by atoms with E-state index in [1.165, 1.54) is 5.01 Å². The molecule has 0 saturated carbocycles. The largest absolute Gasteiger partial charge is 0.358 e. The summed E-state index contributed by atoms with van der Waals surface area (Å²) in [6.45, 7) is 4.89. The minimum absolute atomic E-state index is 0.133. The van der Waals surface area contributed by atoms with Crippen LogP contribution in [0, 0.1) is 0 Å². The molecule has 2 amide bonds. The van der Waals surface area contributed by atoms with Gasteiger partial charge in [-0.25, -0.2) is 4.79 Å². The number of ether oxygens (including phenoxy) is 1. The molecule has 1 heterocycles. The molecular weight excluding hydrogens is 158 g/mol. The quantitative estimate of drug-likeness (QED) is 0.538. The fourth-order valence-electron chi connectivity index (χ4n) is 1.09. The maximum Gasteiger partial charge on any atom is 0.331 e. The lowest BCUT2D eigenvalue weighted by Gasteiger charge is -2.38. The van der Waals surface area contributed by atoms with Crippen molar-refractivity contribution >= 4 is 6.03 Å². The third-order valence-electron chi connectivity index (χ3n) is 1.64. The summed E-state index contributed by atoms with van der Waals surface area (Å²) in [4.78, 5) is 11.2. The minimum atomic E-state index is -0.454. The van der Waals surface area contributed by atoms with Gasteiger partial charge in [0.2, 0.25) is 0 Å². The molecule has 0 aliphatic carbocycles. The number of hydrogen-bond donors (Lipinski definition) is 2. The molecule has 1 fully saturated rings. The first-order chi connectivity index (χ1) is 5.55. The Balaban J connectivity index is 2.52. The van der Waals surface area contributed by atoms with Gasteiger partial charge < -0.3 is 10.1 Å². The Morgan fingerprint density at radius 2 is 2.33 bits per heavy atom. The Labute approximate surface area is 72.0 Å². The lowest BCUT2D eigenvalue weighted by molar-refractivity contribution is -0.124. The van der Waals surface area contributed by atoms with Crippen molar-refractivity contribution in [1.29, 1.82) is 0 Å². The third kappa shape index (κ3) is 2.09. The van der Waals surface area contributed by atoms with Gasteiger partial charge in [0.25, 0.3) is 0 Å². The van der Waals surface area contributed by atoms with E-state index in [4.69, 9.17) is 4.74 Å². The highest BCUT2D eigenvalue weighted by Gasteiger charge is 2.28. The number of nitrogens with one attached hydrogen (secondary N) is 2. The van der Waals surface area contributed by atoms with Crippen LogP contribution >= 0.6 is 0 Å². The van der Waals surface area contributed by atoms with Crippen LogP contribution in [0.1, 0.15) is 13.8 Å². The van der Waals surface area contributed by atoms with Crippen LogP contribution in [0.5, 0.6) is 0 Å². The second-order valence-corrected chi connectivity index (χ2v) is 3.18. The fourth-order valence-corrected chi connectivity index (χ4v) is 1.09. The number of nitrogens with zero attached hydrogens (tertiary/aromatic N) is 1. The van der Waals surface area contributed by atoms with Gasteiger partial charge in [0.15, 0.2) is 0 Å². The van der Waals surface area contributed by atoms with Gasteiger partial charge in [0.1, 0.15) is 5.72 Å². The van der Waals surface area contributed by atoms with Gasteiger partial charge in [0.05, 0.1) is 13.2 Å². The van der Waals surface area contributed by atoms with Crippen molar-refractivity contribution in [2.75, 3.05) is 20.2 Å².